The van der Waals surface area contributed by atoms with Gasteiger partial charge in [-0.3, -0.25) is 0 Å². The molecule has 20 heavy (non-hydrogen) atoms. The quantitative estimate of drug-likeness (QED) is 0.891. The molecule has 2 rings (SSSR count). The van der Waals surface area contributed by atoms with Crippen LogP contribution in [-0.4, -0.2) is 6.04 Å². The predicted octanol–water partition coefficient (Wildman–Crippen LogP) is 4.07. The van der Waals surface area contributed by atoms with E-state index < -0.39 is 0 Å². The molecule has 106 valence electrons. The number of hydrogen-bond acceptors (Lipinski definition) is 2. The summed E-state index contributed by atoms with van der Waals surface area (Å²) in [6.07, 6.45) is 1.43. The molecule has 0 saturated carbocycles. The van der Waals surface area contributed by atoms with E-state index in [1.165, 1.54) is 6.07 Å². The lowest BCUT2D eigenvalue weighted by molar-refractivity contribution is 0.430. The number of ether oxygens (including phenoxy) is 1. The highest BCUT2D eigenvalue weighted by Gasteiger charge is 2.13. The Morgan fingerprint density at radius 2 is 1.80 bits per heavy atom. The number of benzene rings is 2. The van der Waals surface area contributed by atoms with Crippen LogP contribution in [0.5, 0.6) is 11.5 Å². The molecular weight excluding hydrogens is 253 g/mol. The summed E-state index contributed by atoms with van der Waals surface area (Å²) in [5, 5.41) is 0. The first-order valence-corrected chi connectivity index (χ1v) is 6.90. The van der Waals surface area contributed by atoms with Gasteiger partial charge in [0.1, 0.15) is 5.75 Å². The van der Waals surface area contributed by atoms with Crippen LogP contribution in [0.2, 0.25) is 0 Å². The molecule has 0 aromatic heterocycles. The molecule has 1 atom stereocenters. The van der Waals surface area contributed by atoms with Crippen molar-refractivity contribution in [3.8, 4) is 11.5 Å². The van der Waals surface area contributed by atoms with E-state index in [0.29, 0.717) is 12.2 Å². The van der Waals surface area contributed by atoms with Crippen molar-refractivity contribution in [2.24, 2.45) is 5.73 Å². The summed E-state index contributed by atoms with van der Waals surface area (Å²) in [5.41, 5.74) is 7.67. The van der Waals surface area contributed by atoms with Gasteiger partial charge in [-0.15, -0.1) is 0 Å². The van der Waals surface area contributed by atoms with Crippen molar-refractivity contribution in [2.75, 3.05) is 0 Å². The van der Waals surface area contributed by atoms with Gasteiger partial charge in [-0.25, -0.2) is 4.39 Å². The SMILES string of the molecule is CCc1ccccc1Oc1c(F)cccc1CC(C)N. The van der Waals surface area contributed by atoms with Crippen molar-refractivity contribution in [1.29, 1.82) is 0 Å². The van der Waals surface area contributed by atoms with E-state index in [2.05, 4.69) is 0 Å². The smallest absolute Gasteiger partial charge is 0.166 e. The van der Waals surface area contributed by atoms with E-state index in [-0.39, 0.29) is 17.6 Å². The summed E-state index contributed by atoms with van der Waals surface area (Å²) < 4.78 is 19.9. The Labute approximate surface area is 119 Å². The molecule has 3 heteroatoms. The second-order valence-electron chi connectivity index (χ2n) is 4.97. The highest BCUT2D eigenvalue weighted by molar-refractivity contribution is 5.42. The number of hydrogen-bond donors (Lipinski definition) is 1. The van der Waals surface area contributed by atoms with E-state index in [9.17, 15) is 4.39 Å². The van der Waals surface area contributed by atoms with E-state index in [4.69, 9.17) is 10.5 Å². The van der Waals surface area contributed by atoms with Crippen LogP contribution in [0.3, 0.4) is 0 Å². The molecule has 0 aliphatic heterocycles. The van der Waals surface area contributed by atoms with Crippen molar-refractivity contribution < 1.29 is 9.13 Å². The third-order valence-electron chi connectivity index (χ3n) is 3.16. The zero-order chi connectivity index (χ0) is 14.5. The minimum Gasteiger partial charge on any atom is -0.454 e. The highest BCUT2D eigenvalue weighted by atomic mass is 19.1. The Balaban J connectivity index is 2.37. The summed E-state index contributed by atoms with van der Waals surface area (Å²) in [7, 11) is 0. The van der Waals surface area contributed by atoms with Gasteiger partial charge >= 0.3 is 0 Å². The monoisotopic (exact) mass is 273 g/mol. The number of aryl methyl sites for hydroxylation is 1. The summed E-state index contributed by atoms with van der Waals surface area (Å²) in [4.78, 5) is 0. The van der Waals surface area contributed by atoms with E-state index >= 15 is 0 Å². The van der Waals surface area contributed by atoms with Gasteiger partial charge in [0.2, 0.25) is 0 Å². The second kappa shape index (κ2) is 6.53. The molecule has 0 amide bonds. The van der Waals surface area contributed by atoms with Gasteiger partial charge in [0.15, 0.2) is 11.6 Å². The van der Waals surface area contributed by atoms with E-state index in [1.807, 2.05) is 44.2 Å². The predicted molar refractivity (Wildman–Crippen MR) is 79.6 cm³/mol. The molecule has 1 unspecified atom stereocenters. The average Bonchev–Trinajstić information content (AvgIpc) is 2.42. The number of halogens is 1. The molecule has 0 saturated heterocycles. The summed E-state index contributed by atoms with van der Waals surface area (Å²) in [6.45, 7) is 3.95. The van der Waals surface area contributed by atoms with Gasteiger partial charge in [0.25, 0.3) is 0 Å². The van der Waals surface area contributed by atoms with Crippen LogP contribution < -0.4 is 10.5 Å². The molecule has 0 aliphatic rings. The zero-order valence-corrected chi connectivity index (χ0v) is 11.9. The Morgan fingerprint density at radius 3 is 2.50 bits per heavy atom. The average molecular weight is 273 g/mol. The molecule has 2 nitrogen and oxygen atoms in total. The van der Waals surface area contributed by atoms with Gasteiger partial charge in [0, 0.05) is 6.04 Å². The maximum atomic E-state index is 14.1. The first-order valence-electron chi connectivity index (χ1n) is 6.90. The maximum Gasteiger partial charge on any atom is 0.166 e. The molecule has 2 N–H and O–H groups in total. The molecule has 2 aromatic rings. The van der Waals surface area contributed by atoms with Crippen LogP contribution in [0.4, 0.5) is 4.39 Å². The fourth-order valence-corrected chi connectivity index (χ4v) is 2.18. The fraction of sp³-hybridized carbons (Fsp3) is 0.294. The second-order valence-corrected chi connectivity index (χ2v) is 4.97. The highest BCUT2D eigenvalue weighted by Crippen LogP contribution is 2.31. The minimum atomic E-state index is -0.353. The van der Waals surface area contributed by atoms with Crippen LogP contribution in [-0.2, 0) is 12.8 Å². The molecule has 0 heterocycles. The van der Waals surface area contributed by atoms with Crippen molar-refractivity contribution >= 4 is 0 Å². The molecule has 2 aromatic carbocycles. The van der Waals surface area contributed by atoms with Crippen LogP contribution >= 0.6 is 0 Å². The Bertz CT molecular complexity index is 581. The van der Waals surface area contributed by atoms with Gasteiger partial charge in [-0.2, -0.15) is 0 Å². The third kappa shape index (κ3) is 3.36. The molecular formula is C17H20FNO. The lowest BCUT2D eigenvalue weighted by Crippen LogP contribution is -2.18. The molecule has 0 fully saturated rings. The summed E-state index contributed by atoms with van der Waals surface area (Å²) in [5.74, 6) is 0.630. The lowest BCUT2D eigenvalue weighted by Gasteiger charge is -2.15. The largest absolute Gasteiger partial charge is 0.454 e. The molecule has 0 spiro atoms. The van der Waals surface area contributed by atoms with Crippen molar-refractivity contribution in [3.63, 3.8) is 0 Å². The molecule has 0 radical (unpaired) electrons. The van der Waals surface area contributed by atoms with Crippen LogP contribution in [0.1, 0.15) is 25.0 Å². The van der Waals surface area contributed by atoms with Gasteiger partial charge in [-0.1, -0.05) is 37.3 Å². The lowest BCUT2D eigenvalue weighted by atomic mass is 10.1. The zero-order valence-electron chi connectivity index (χ0n) is 11.9. The molecule has 0 bridgehead atoms. The Morgan fingerprint density at radius 1 is 1.10 bits per heavy atom. The summed E-state index contributed by atoms with van der Waals surface area (Å²) >= 11 is 0. The van der Waals surface area contributed by atoms with Crippen molar-refractivity contribution in [1.82, 2.24) is 0 Å². The van der Waals surface area contributed by atoms with Crippen LogP contribution in [0.15, 0.2) is 42.5 Å². The van der Waals surface area contributed by atoms with E-state index in [0.717, 1.165) is 17.5 Å². The van der Waals surface area contributed by atoms with Crippen LogP contribution in [0, 0.1) is 5.82 Å². The van der Waals surface area contributed by atoms with Gasteiger partial charge in [-0.05, 0) is 43.0 Å². The number of rotatable bonds is 5. The normalized spacial score (nSPS) is 12.2. The minimum absolute atomic E-state index is 0.0411. The maximum absolute atomic E-state index is 14.1. The summed E-state index contributed by atoms with van der Waals surface area (Å²) in [6, 6.07) is 12.6. The first-order chi connectivity index (χ1) is 9.61. The Hall–Kier alpha value is -1.87. The Kier molecular flexibility index (Phi) is 4.74. The van der Waals surface area contributed by atoms with E-state index in [1.54, 1.807) is 6.07 Å². The van der Waals surface area contributed by atoms with Crippen molar-refractivity contribution in [2.45, 2.75) is 32.7 Å². The topological polar surface area (TPSA) is 35.2 Å². The number of nitrogens with two attached hydrogens (primary N) is 1. The third-order valence-corrected chi connectivity index (χ3v) is 3.16. The fourth-order valence-electron chi connectivity index (χ4n) is 2.18. The molecule has 0 aliphatic carbocycles. The van der Waals surface area contributed by atoms with Gasteiger partial charge in [0.05, 0.1) is 0 Å². The standard InChI is InChI=1S/C17H20FNO/c1-3-13-7-4-5-10-16(13)20-17-14(11-12(2)19)8-6-9-15(17)18/h4-10,12H,3,11,19H2,1-2H3. The van der Waals surface area contributed by atoms with Crippen LogP contribution in [0.25, 0.3) is 0 Å². The van der Waals surface area contributed by atoms with Crippen molar-refractivity contribution in [3.05, 3.63) is 59.4 Å². The number of para-hydroxylation sites is 2. The van der Waals surface area contributed by atoms with Gasteiger partial charge < -0.3 is 10.5 Å². The first kappa shape index (κ1) is 14.5.